The Bertz CT molecular complexity index is 246. The minimum atomic E-state index is 0.656. The van der Waals surface area contributed by atoms with E-state index in [-0.39, 0.29) is 0 Å². The second kappa shape index (κ2) is 3.79. The van der Waals surface area contributed by atoms with E-state index in [0.717, 1.165) is 6.54 Å². The first-order chi connectivity index (χ1) is 5.66. The summed E-state index contributed by atoms with van der Waals surface area (Å²) >= 11 is 0. The Morgan fingerprint density at radius 2 is 2.08 bits per heavy atom. The molecule has 0 aromatic carbocycles. The van der Waals surface area contributed by atoms with E-state index < -0.39 is 0 Å². The van der Waals surface area contributed by atoms with Gasteiger partial charge in [0.1, 0.15) is 0 Å². The van der Waals surface area contributed by atoms with E-state index in [1.54, 1.807) is 0 Å². The number of rotatable bonds is 3. The molecule has 0 unspecified atom stereocenters. The van der Waals surface area contributed by atoms with Crippen molar-refractivity contribution in [3.8, 4) is 0 Å². The van der Waals surface area contributed by atoms with Crippen LogP contribution in [0.4, 0.5) is 0 Å². The van der Waals surface area contributed by atoms with Crippen LogP contribution in [-0.4, -0.2) is 4.57 Å². The Morgan fingerprint density at radius 3 is 2.50 bits per heavy atom. The van der Waals surface area contributed by atoms with Crippen LogP contribution in [0.25, 0.3) is 0 Å². The molecular weight excluding hydrogens is 146 g/mol. The Labute approximate surface area is 75.4 Å². The van der Waals surface area contributed by atoms with Crippen LogP contribution in [0.1, 0.15) is 44.4 Å². The number of aryl methyl sites for hydroxylation is 1. The first kappa shape index (κ1) is 9.37. The van der Waals surface area contributed by atoms with Gasteiger partial charge in [-0.3, -0.25) is 0 Å². The van der Waals surface area contributed by atoms with Crippen molar-refractivity contribution in [2.45, 2.75) is 46.6 Å². The topological polar surface area (TPSA) is 4.93 Å². The van der Waals surface area contributed by atoms with Crippen molar-refractivity contribution in [1.82, 2.24) is 4.57 Å². The van der Waals surface area contributed by atoms with E-state index in [4.69, 9.17) is 0 Å². The number of nitrogens with zero attached hydrogens (tertiary/aromatic N) is 1. The van der Waals surface area contributed by atoms with Gasteiger partial charge in [-0.1, -0.05) is 20.8 Å². The average molecular weight is 165 g/mol. The van der Waals surface area contributed by atoms with Crippen molar-refractivity contribution in [3.63, 3.8) is 0 Å². The van der Waals surface area contributed by atoms with E-state index in [0.29, 0.717) is 5.92 Å². The van der Waals surface area contributed by atoms with E-state index in [2.05, 4.69) is 44.5 Å². The third-order valence-electron chi connectivity index (χ3n) is 2.37. The van der Waals surface area contributed by atoms with Crippen LogP contribution in [0.2, 0.25) is 0 Å². The average Bonchev–Trinajstić information content (AvgIpc) is 2.34. The Kier molecular flexibility index (Phi) is 2.96. The summed E-state index contributed by atoms with van der Waals surface area (Å²) < 4.78 is 2.34. The van der Waals surface area contributed by atoms with Crippen LogP contribution >= 0.6 is 0 Å². The number of hydrogen-bond acceptors (Lipinski definition) is 0. The zero-order valence-electron chi connectivity index (χ0n) is 8.59. The molecule has 1 aromatic rings. The molecule has 68 valence electrons. The highest BCUT2D eigenvalue weighted by atomic mass is 15.0. The summed E-state index contributed by atoms with van der Waals surface area (Å²) in [6, 6.07) is 2.25. The fourth-order valence-electron chi connectivity index (χ4n) is 1.66. The van der Waals surface area contributed by atoms with Gasteiger partial charge < -0.3 is 4.57 Å². The maximum absolute atomic E-state index is 2.34. The molecule has 12 heavy (non-hydrogen) atoms. The summed E-state index contributed by atoms with van der Waals surface area (Å²) in [7, 11) is 0. The largest absolute Gasteiger partial charge is 0.351 e. The fourth-order valence-corrected chi connectivity index (χ4v) is 1.66. The Hall–Kier alpha value is -0.720. The monoisotopic (exact) mass is 165 g/mol. The summed E-state index contributed by atoms with van der Waals surface area (Å²) in [5.74, 6) is 0.656. The molecule has 0 saturated carbocycles. The Morgan fingerprint density at radius 1 is 1.42 bits per heavy atom. The van der Waals surface area contributed by atoms with E-state index in [9.17, 15) is 0 Å². The molecule has 0 aliphatic rings. The lowest BCUT2D eigenvalue weighted by Gasteiger charge is -2.07. The van der Waals surface area contributed by atoms with E-state index >= 15 is 0 Å². The quantitative estimate of drug-likeness (QED) is 0.647. The molecule has 0 amide bonds. The van der Waals surface area contributed by atoms with Crippen molar-refractivity contribution < 1.29 is 0 Å². The molecule has 1 heterocycles. The van der Waals surface area contributed by atoms with Crippen LogP contribution in [0.15, 0.2) is 12.3 Å². The van der Waals surface area contributed by atoms with Gasteiger partial charge in [0, 0.05) is 18.4 Å². The van der Waals surface area contributed by atoms with Crippen molar-refractivity contribution in [2.24, 2.45) is 0 Å². The zero-order chi connectivity index (χ0) is 9.14. The highest BCUT2D eigenvalue weighted by Crippen LogP contribution is 2.19. The molecule has 0 atom stereocenters. The van der Waals surface area contributed by atoms with Gasteiger partial charge in [0.05, 0.1) is 0 Å². The van der Waals surface area contributed by atoms with Gasteiger partial charge in [0.15, 0.2) is 0 Å². The third kappa shape index (κ3) is 1.71. The summed E-state index contributed by atoms with van der Waals surface area (Å²) in [5.41, 5.74) is 2.93. The lowest BCUT2D eigenvalue weighted by Crippen LogP contribution is -1.99. The van der Waals surface area contributed by atoms with Crippen LogP contribution in [0.3, 0.4) is 0 Å². The van der Waals surface area contributed by atoms with Gasteiger partial charge in [0.2, 0.25) is 0 Å². The van der Waals surface area contributed by atoms with Crippen molar-refractivity contribution in [1.29, 1.82) is 0 Å². The minimum Gasteiger partial charge on any atom is -0.351 e. The normalized spacial score (nSPS) is 11.1. The maximum atomic E-state index is 2.34. The van der Waals surface area contributed by atoms with Crippen LogP contribution in [-0.2, 0) is 6.54 Å². The van der Waals surface area contributed by atoms with Crippen LogP contribution in [0.5, 0.6) is 0 Å². The molecule has 1 heteroatoms. The first-order valence-electron chi connectivity index (χ1n) is 4.82. The number of hydrogen-bond donors (Lipinski definition) is 0. The van der Waals surface area contributed by atoms with Gasteiger partial charge in [0.25, 0.3) is 0 Å². The summed E-state index contributed by atoms with van der Waals surface area (Å²) in [4.78, 5) is 0. The van der Waals surface area contributed by atoms with Crippen molar-refractivity contribution in [3.05, 3.63) is 23.5 Å². The van der Waals surface area contributed by atoms with Crippen molar-refractivity contribution >= 4 is 0 Å². The third-order valence-corrected chi connectivity index (χ3v) is 2.37. The SMILES string of the molecule is CCCn1ccc(C(C)C)c1C. The molecule has 0 N–H and O–H groups in total. The lowest BCUT2D eigenvalue weighted by atomic mass is 10.0. The smallest absolute Gasteiger partial charge is 0.0219 e. The predicted molar refractivity (Wildman–Crippen MR) is 53.5 cm³/mol. The van der Waals surface area contributed by atoms with Crippen molar-refractivity contribution in [2.75, 3.05) is 0 Å². The summed E-state index contributed by atoms with van der Waals surface area (Å²) in [6.07, 6.45) is 3.42. The second-order valence-electron chi connectivity index (χ2n) is 3.70. The Balaban J connectivity index is 2.88. The molecule has 0 fully saturated rings. The molecule has 0 radical (unpaired) electrons. The molecule has 0 saturated heterocycles. The highest BCUT2D eigenvalue weighted by Gasteiger charge is 2.06. The molecular formula is C11H19N. The lowest BCUT2D eigenvalue weighted by molar-refractivity contribution is 0.659. The molecule has 1 nitrogen and oxygen atoms in total. The summed E-state index contributed by atoms with van der Waals surface area (Å²) in [5, 5.41) is 0. The zero-order valence-corrected chi connectivity index (χ0v) is 8.59. The molecule has 0 spiro atoms. The first-order valence-corrected chi connectivity index (χ1v) is 4.82. The molecule has 0 bridgehead atoms. The van der Waals surface area contributed by atoms with E-state index in [1.807, 2.05) is 0 Å². The molecule has 1 rings (SSSR count). The molecule has 0 aliphatic carbocycles. The standard InChI is InChI=1S/C11H19N/c1-5-7-12-8-6-11(9(2)3)10(12)4/h6,8-9H,5,7H2,1-4H3. The predicted octanol–water partition coefficient (Wildman–Crippen LogP) is 3.33. The van der Waals surface area contributed by atoms with E-state index in [1.165, 1.54) is 17.7 Å². The number of aromatic nitrogens is 1. The summed E-state index contributed by atoms with van der Waals surface area (Å²) in [6.45, 7) is 10.1. The van der Waals surface area contributed by atoms with Gasteiger partial charge >= 0.3 is 0 Å². The molecule has 0 aliphatic heterocycles. The van der Waals surface area contributed by atoms with Gasteiger partial charge in [-0.25, -0.2) is 0 Å². The van der Waals surface area contributed by atoms with Gasteiger partial charge in [-0.2, -0.15) is 0 Å². The van der Waals surface area contributed by atoms with Crippen LogP contribution in [0, 0.1) is 6.92 Å². The molecule has 1 aromatic heterocycles. The fraction of sp³-hybridized carbons (Fsp3) is 0.636. The van der Waals surface area contributed by atoms with Gasteiger partial charge in [-0.15, -0.1) is 0 Å². The van der Waals surface area contributed by atoms with Gasteiger partial charge in [-0.05, 0) is 30.9 Å². The minimum absolute atomic E-state index is 0.656. The maximum Gasteiger partial charge on any atom is 0.0219 e. The highest BCUT2D eigenvalue weighted by molar-refractivity contribution is 5.24. The second-order valence-corrected chi connectivity index (χ2v) is 3.70. The van der Waals surface area contributed by atoms with Crippen LogP contribution < -0.4 is 0 Å².